The summed E-state index contributed by atoms with van der Waals surface area (Å²) in [5.74, 6) is -9.02. The van der Waals surface area contributed by atoms with Crippen molar-refractivity contribution < 1.29 is 118 Å². The molecule has 29 heteroatoms. The van der Waals surface area contributed by atoms with Gasteiger partial charge in [-0.25, -0.2) is 9.59 Å². The maximum atomic E-state index is 13.0. The quantitative estimate of drug-likeness (QED) is 0.0119. The molecule has 2 aliphatic heterocycles. The Bertz CT molecular complexity index is 3070. The van der Waals surface area contributed by atoms with Gasteiger partial charge in [-0.15, -0.1) is 0 Å². The summed E-state index contributed by atoms with van der Waals surface area (Å²) in [5.41, 5.74) is 2.94. The summed E-state index contributed by atoms with van der Waals surface area (Å²) in [5, 5.41) is 104. The van der Waals surface area contributed by atoms with E-state index in [2.05, 4.69) is 31.9 Å². The third-order valence-electron chi connectivity index (χ3n) is 15.0. The number of carbonyl (C=O) groups is 6. The third kappa shape index (κ3) is 19.9. The Balaban J connectivity index is 0.0000132. The van der Waals surface area contributed by atoms with Crippen LogP contribution in [0.3, 0.4) is 0 Å². The van der Waals surface area contributed by atoms with Crippen molar-refractivity contribution in [1.29, 1.82) is 0 Å². The summed E-state index contributed by atoms with van der Waals surface area (Å²) >= 11 is 2.81. The molecule has 0 aliphatic carbocycles. The van der Waals surface area contributed by atoms with E-state index >= 15 is 0 Å². The molecule has 14 N–H and O–H groups in total. The van der Waals surface area contributed by atoms with Gasteiger partial charge in [0.1, 0.15) is 35.8 Å². The van der Waals surface area contributed by atoms with Crippen LogP contribution in [0.5, 0.6) is 0 Å². The van der Waals surface area contributed by atoms with Crippen molar-refractivity contribution in [2.75, 3.05) is 73.0 Å². The molecule has 2 fully saturated rings. The first-order valence-electron chi connectivity index (χ1n) is 29.1. The number of amides is 4. The second kappa shape index (κ2) is 35.1. The minimum atomic E-state index is -2.51. The Hall–Kier alpha value is -6.32. The normalized spacial score (nSPS) is 22.6. The number of carboxylic acid groups (broad SMARTS) is 2. The fourth-order valence-corrected chi connectivity index (χ4v) is 11.8. The second-order valence-corrected chi connectivity index (χ2v) is 24.0. The molecule has 4 amide bonds. The van der Waals surface area contributed by atoms with Crippen LogP contribution in [-0.4, -0.2) is 211 Å². The Labute approximate surface area is 554 Å². The average molecular weight is 1310 g/mol. The van der Waals surface area contributed by atoms with Crippen molar-refractivity contribution >= 4 is 70.5 Å². The molecule has 0 bridgehead atoms. The van der Waals surface area contributed by atoms with Gasteiger partial charge in [0.05, 0.1) is 49.7 Å². The van der Waals surface area contributed by atoms with Crippen LogP contribution >= 0.6 is 23.5 Å². The monoisotopic (exact) mass is 1310 g/mol. The average Bonchev–Trinajstić information content (AvgIpc) is 0.818. The first-order chi connectivity index (χ1) is 43.0. The molecule has 2 aliphatic rings. The number of aliphatic hydroxyl groups excluding tert-OH is 6. The molecule has 486 valence electrons. The Morgan fingerprint density at radius 1 is 0.538 bits per heavy atom. The smallest absolute Gasteiger partial charge is 0.477 e. The van der Waals surface area contributed by atoms with E-state index in [0.717, 1.165) is 36.1 Å². The van der Waals surface area contributed by atoms with Crippen LogP contribution in [0.15, 0.2) is 119 Å². The Kier molecular flexibility index (Phi) is 28.4. The van der Waals surface area contributed by atoms with Gasteiger partial charge in [-0.2, -0.15) is 23.5 Å². The van der Waals surface area contributed by atoms with Gasteiger partial charge in [0.25, 0.3) is 34.2 Å². The van der Waals surface area contributed by atoms with E-state index in [0.29, 0.717) is 23.0 Å². The Morgan fingerprint density at radius 3 is 1.21 bits per heavy atom. The number of anilines is 2. The molecule has 2 unspecified atom stereocenters. The molecule has 5 aromatic rings. The van der Waals surface area contributed by atoms with E-state index < -0.39 is 145 Å². The zero-order valence-corrected chi connectivity index (χ0v) is 54.0. The number of ether oxygens (including phenoxy) is 4. The Morgan fingerprint density at radius 2 is 0.879 bits per heavy atom. The van der Waals surface area contributed by atoms with Crippen LogP contribution in [-0.2, 0) is 38.1 Å². The number of hydrogen-bond donors (Lipinski definition) is 14. The molecule has 2 saturated heterocycles. The van der Waals surface area contributed by atoms with E-state index in [4.69, 9.17) is 18.9 Å². The van der Waals surface area contributed by atoms with Gasteiger partial charge in [-0.1, -0.05) is 84.9 Å². The van der Waals surface area contributed by atoms with Crippen molar-refractivity contribution in [3.8, 4) is 22.3 Å². The molecule has 0 radical (unpaired) electrons. The molecule has 26 nitrogen and oxygen atoms in total. The summed E-state index contributed by atoms with van der Waals surface area (Å²) in [7, 11) is 0. The summed E-state index contributed by atoms with van der Waals surface area (Å²) in [6.45, 7) is 1.36. The van der Waals surface area contributed by atoms with Crippen molar-refractivity contribution in [2.24, 2.45) is 0 Å². The first-order valence-corrected chi connectivity index (χ1v) is 31.4. The maximum absolute atomic E-state index is 13.0. The maximum Gasteiger partial charge on any atom is 1.00 e. The van der Waals surface area contributed by atoms with Crippen molar-refractivity contribution in [2.45, 2.75) is 112 Å². The van der Waals surface area contributed by atoms with E-state index in [9.17, 15) is 79.2 Å². The number of thioether (sulfide) groups is 2. The standard InChI is InChI=1S/C62H76N6O20S2.Na/c1-35(69)67-47-43(71)31-61(59(81)82,87-55(47)51(75)45(73)33-65-57(79)41-19-15-39(16-20-41)37-11-5-3-6-12-37)85-25-9-27-89-29-23-63-49-50(54(78)53(49)77)64-24-30-90-28-10-26-86-62(60(83)84)32-44(72)48(68-36(2)70)56(88-62)52(76)46(74)34-66-58(80)42-21-17-40(18-22-42)38-13-7-4-8-14-38;/h3-8,11-22,43-48,51-52,55-56,63-64,71-76H,9-10,23-34H2,1-2H3,(H,65,79)(H,66,80)(H,67,69)(H,68,70)(H,81,82)(H,83,84);/q;+1/t43-,44-,45+,46+,47+,48+,51?,52?,55+,56+,61+,62+;/m0./s1. The van der Waals surface area contributed by atoms with E-state index in [1.54, 1.807) is 48.5 Å². The number of rotatable bonds is 34. The minimum absolute atomic E-state index is 0. The zero-order chi connectivity index (χ0) is 65.1. The summed E-state index contributed by atoms with van der Waals surface area (Å²) in [4.78, 5) is 101. The van der Waals surface area contributed by atoms with Crippen molar-refractivity contribution in [3.05, 3.63) is 141 Å². The molecule has 2 heterocycles. The largest absolute Gasteiger partial charge is 1.00 e. The van der Waals surface area contributed by atoms with Crippen molar-refractivity contribution in [3.63, 3.8) is 0 Å². The molecule has 5 aromatic carbocycles. The van der Waals surface area contributed by atoms with E-state index in [1.165, 1.54) is 23.5 Å². The van der Waals surface area contributed by atoms with E-state index in [1.807, 2.05) is 60.7 Å². The summed E-state index contributed by atoms with van der Waals surface area (Å²) in [6.07, 6.45) is -14.9. The summed E-state index contributed by atoms with van der Waals surface area (Å²) < 4.78 is 23.2. The first kappa shape index (κ1) is 73.7. The predicted molar refractivity (Wildman–Crippen MR) is 334 cm³/mol. The van der Waals surface area contributed by atoms with Crippen LogP contribution in [0.1, 0.15) is 60.2 Å². The molecular formula is C62H76N6NaO20S2+. The number of carboxylic acids is 2. The number of carbonyl (C=O) groups excluding carboxylic acids is 4. The predicted octanol–water partition coefficient (Wildman–Crippen LogP) is -2.10. The SMILES string of the molecule is CC(=O)N[C@@H]1[C@@H](O)C[C@](OCCCSCCNc2c(NCCSCCCO[C@]3(C(=O)O)C[C@H](O)[C@@H](NC(C)=O)[C@H](C(O)[C@H](O)CNC(=O)c4ccc(-c5ccccc5)cc4)O3)c(=O)c2=O)(C(=O)O)O[C@H]1C(O)[C@H](O)CNC(=O)c1ccc(-c2ccccc2)cc1.[Na+]. The number of aliphatic hydroxyl groups is 6. The van der Waals surface area contributed by atoms with Gasteiger partial charge < -0.3 is 91.7 Å². The van der Waals surface area contributed by atoms with E-state index in [-0.39, 0.29) is 91.2 Å². The topological polar surface area (TPSA) is 408 Å². The fourth-order valence-electron chi connectivity index (χ4n) is 10.3. The fraction of sp³-hybridized carbons (Fsp3) is 0.452. The van der Waals surface area contributed by atoms with Gasteiger partial charge >= 0.3 is 41.5 Å². The van der Waals surface area contributed by atoms with Crippen LogP contribution in [0.4, 0.5) is 11.4 Å². The van der Waals surface area contributed by atoms with Crippen LogP contribution in [0.25, 0.3) is 22.3 Å². The molecule has 0 aromatic heterocycles. The minimum Gasteiger partial charge on any atom is -0.477 e. The molecular weight excluding hydrogens is 1240 g/mol. The van der Waals surface area contributed by atoms with Crippen LogP contribution < -0.4 is 72.3 Å². The molecule has 7 rings (SSSR count). The number of benzene rings is 4. The second-order valence-electron chi connectivity index (χ2n) is 21.6. The van der Waals surface area contributed by atoms with Gasteiger partial charge in [0.15, 0.2) is 0 Å². The van der Waals surface area contributed by atoms with Crippen LogP contribution in [0.2, 0.25) is 0 Å². The van der Waals surface area contributed by atoms with Gasteiger partial charge in [0, 0.05) is 75.5 Å². The molecule has 91 heavy (non-hydrogen) atoms. The van der Waals surface area contributed by atoms with Crippen LogP contribution in [0, 0.1) is 0 Å². The molecule has 12 atom stereocenters. The van der Waals surface area contributed by atoms with Gasteiger partial charge in [-0.3, -0.25) is 28.8 Å². The number of aliphatic carboxylic acids is 2. The zero-order valence-electron chi connectivity index (χ0n) is 50.4. The van der Waals surface area contributed by atoms with Gasteiger partial charge in [-0.05, 0) is 70.9 Å². The third-order valence-corrected chi connectivity index (χ3v) is 17.1. The molecule has 0 spiro atoms. The summed E-state index contributed by atoms with van der Waals surface area (Å²) in [6, 6.07) is 29.5. The van der Waals surface area contributed by atoms with Crippen molar-refractivity contribution in [1.82, 2.24) is 21.3 Å². The number of hydrogen-bond acceptors (Lipinski definition) is 22. The van der Waals surface area contributed by atoms with Gasteiger partial charge in [0.2, 0.25) is 11.8 Å². The number of nitrogens with one attached hydrogen (secondary N) is 6. The molecule has 0 saturated carbocycles.